The quantitative estimate of drug-likeness (QED) is 0.164. The molecule has 228 valence electrons. The van der Waals surface area contributed by atoms with Crippen LogP contribution in [0.3, 0.4) is 0 Å². The fourth-order valence-electron chi connectivity index (χ4n) is 6.36. The molecule has 0 N–H and O–H groups in total. The van der Waals surface area contributed by atoms with Crippen LogP contribution in [0.25, 0.3) is 55.8 Å². The van der Waals surface area contributed by atoms with Gasteiger partial charge >= 0.3 is 0 Å². The monoisotopic (exact) mass is 610 g/mol. The summed E-state index contributed by atoms with van der Waals surface area (Å²) in [6, 6.07) is 35.9. The first-order valence-corrected chi connectivity index (χ1v) is 19.5. The molecule has 1 aromatic heterocycles. The van der Waals surface area contributed by atoms with Crippen LogP contribution in [0.15, 0.2) is 103 Å². The van der Waals surface area contributed by atoms with Gasteiger partial charge in [0.05, 0.1) is 19.1 Å². The van der Waals surface area contributed by atoms with Gasteiger partial charge in [0.25, 0.3) is 0 Å². The van der Waals surface area contributed by atoms with Gasteiger partial charge in [-0.05, 0) is 81.1 Å². The molecular weight excluding hydrogens is 568 g/mol. The Morgan fingerprint density at radius 2 is 1.20 bits per heavy atom. The Balaban J connectivity index is 1.46. The number of benzene rings is 5. The molecule has 6 rings (SSSR count). The maximum Gasteiger partial charge on any atom is 0.140 e. The van der Waals surface area contributed by atoms with E-state index in [9.17, 15) is 0 Å². The van der Waals surface area contributed by atoms with Crippen LogP contribution in [-0.2, 0) is 7.05 Å². The third-order valence-electron chi connectivity index (χ3n) is 9.01. The fourth-order valence-corrected chi connectivity index (χ4v) is 7.53. The van der Waals surface area contributed by atoms with Crippen LogP contribution < -0.4 is 5.19 Å². The maximum absolute atomic E-state index is 15.9. The van der Waals surface area contributed by atoms with Crippen molar-refractivity contribution in [1.82, 2.24) is 9.55 Å². The van der Waals surface area contributed by atoms with E-state index in [4.69, 9.17) is 4.98 Å². The molecule has 0 radical (unpaired) electrons. The number of fused-ring (bicyclic) bond motifs is 1. The highest BCUT2D eigenvalue weighted by atomic mass is 28.3. The number of hydrogen-bond donors (Lipinski definition) is 0. The molecule has 0 bridgehead atoms. The molecule has 0 fully saturated rings. The van der Waals surface area contributed by atoms with Crippen molar-refractivity contribution in [1.29, 1.82) is 0 Å². The Morgan fingerprint density at radius 3 is 1.80 bits per heavy atom. The van der Waals surface area contributed by atoms with Gasteiger partial charge in [0.15, 0.2) is 0 Å². The molecule has 0 amide bonds. The van der Waals surface area contributed by atoms with E-state index < -0.39 is 8.07 Å². The van der Waals surface area contributed by atoms with Crippen LogP contribution in [0.5, 0.6) is 0 Å². The molecule has 0 unspecified atom stereocenters. The Kier molecular flexibility index (Phi) is 8.13. The zero-order valence-electron chi connectivity index (χ0n) is 27.7. The van der Waals surface area contributed by atoms with E-state index in [2.05, 4.69) is 131 Å². The highest BCUT2D eigenvalue weighted by Gasteiger charge is 2.22. The molecule has 6 aromatic rings. The SMILES string of the molecule is CC(C)c1cc(-c2ccccc2)cc(C(C)C)c1-c1cc(-c2nc3cc(-c4ccc([Si](C)(C)C)cc4)ccc3n2C)ccc1F. The van der Waals surface area contributed by atoms with Gasteiger partial charge in [-0.2, -0.15) is 0 Å². The second-order valence-corrected chi connectivity index (χ2v) is 19.0. The number of nitrogens with zero attached hydrogens (tertiary/aromatic N) is 2. The summed E-state index contributed by atoms with van der Waals surface area (Å²) in [4.78, 5) is 5.11. The molecule has 0 saturated heterocycles. The van der Waals surface area contributed by atoms with E-state index in [0.717, 1.165) is 44.7 Å². The van der Waals surface area contributed by atoms with E-state index >= 15 is 4.39 Å². The fraction of sp³-hybridized carbons (Fsp3) is 0.244. The molecule has 0 spiro atoms. The second-order valence-electron chi connectivity index (χ2n) is 13.9. The van der Waals surface area contributed by atoms with Crippen LogP contribution in [-0.4, -0.2) is 17.6 Å². The van der Waals surface area contributed by atoms with Crippen molar-refractivity contribution in [2.45, 2.75) is 59.2 Å². The average molecular weight is 611 g/mol. The molecule has 0 aliphatic rings. The first kappa shape index (κ1) is 30.7. The van der Waals surface area contributed by atoms with E-state index in [1.54, 1.807) is 6.07 Å². The standard InChI is InChI=1S/C41H43FN2Si/c1-26(2)34-23-32(28-12-10-9-11-13-28)24-35(27(3)4)40(34)36-22-31(16-20-37(36)42)41-43-38-25-30(17-21-39(38)44(41)5)29-14-18-33(19-15-29)45(6,7)8/h9-27H,1-8H3. The topological polar surface area (TPSA) is 17.8 Å². The van der Waals surface area contributed by atoms with Gasteiger partial charge in [-0.25, -0.2) is 9.37 Å². The molecule has 0 aliphatic carbocycles. The smallest absolute Gasteiger partial charge is 0.140 e. The van der Waals surface area contributed by atoms with Crippen molar-refractivity contribution in [2.75, 3.05) is 0 Å². The van der Waals surface area contributed by atoms with Crippen molar-refractivity contribution in [3.63, 3.8) is 0 Å². The first-order valence-electron chi connectivity index (χ1n) is 16.0. The van der Waals surface area contributed by atoms with Gasteiger partial charge in [-0.3, -0.25) is 0 Å². The van der Waals surface area contributed by atoms with E-state index in [1.807, 2.05) is 25.2 Å². The molecule has 1 heterocycles. The summed E-state index contributed by atoms with van der Waals surface area (Å²) in [7, 11) is 0.689. The second kappa shape index (κ2) is 11.9. The van der Waals surface area contributed by atoms with Crippen molar-refractivity contribution in [3.05, 3.63) is 120 Å². The zero-order chi connectivity index (χ0) is 32.0. The summed E-state index contributed by atoms with van der Waals surface area (Å²) in [5.41, 5.74) is 11.5. The average Bonchev–Trinajstić information content (AvgIpc) is 3.36. The lowest BCUT2D eigenvalue weighted by Gasteiger charge is -2.23. The molecule has 0 aliphatic heterocycles. The zero-order valence-corrected chi connectivity index (χ0v) is 28.7. The maximum atomic E-state index is 15.9. The molecular formula is C41H43FN2Si. The lowest BCUT2D eigenvalue weighted by Crippen LogP contribution is -2.37. The summed E-state index contributed by atoms with van der Waals surface area (Å²) in [6.45, 7) is 15.9. The van der Waals surface area contributed by atoms with Crippen LogP contribution in [0.2, 0.25) is 19.6 Å². The molecule has 5 aromatic carbocycles. The van der Waals surface area contributed by atoms with Crippen molar-refractivity contribution >= 4 is 24.3 Å². The van der Waals surface area contributed by atoms with Gasteiger partial charge in [0.1, 0.15) is 11.6 Å². The van der Waals surface area contributed by atoms with Gasteiger partial charge < -0.3 is 4.57 Å². The van der Waals surface area contributed by atoms with Crippen LogP contribution in [0, 0.1) is 5.82 Å². The Morgan fingerprint density at radius 1 is 0.622 bits per heavy atom. The van der Waals surface area contributed by atoms with Crippen LogP contribution in [0.1, 0.15) is 50.7 Å². The minimum absolute atomic E-state index is 0.210. The van der Waals surface area contributed by atoms with Gasteiger partial charge in [0.2, 0.25) is 0 Å². The van der Waals surface area contributed by atoms with E-state index in [-0.39, 0.29) is 17.7 Å². The Bertz CT molecular complexity index is 1970. The predicted octanol–water partition coefficient (Wildman–Crippen LogP) is 11.2. The molecule has 45 heavy (non-hydrogen) atoms. The van der Waals surface area contributed by atoms with E-state index in [0.29, 0.717) is 5.56 Å². The van der Waals surface area contributed by atoms with Crippen LogP contribution in [0.4, 0.5) is 4.39 Å². The summed E-state index contributed by atoms with van der Waals surface area (Å²) in [6.07, 6.45) is 0. The normalized spacial score (nSPS) is 12.1. The lowest BCUT2D eigenvalue weighted by molar-refractivity contribution is 0.630. The Labute approximate surface area is 268 Å². The molecule has 0 atom stereocenters. The lowest BCUT2D eigenvalue weighted by atomic mass is 9.82. The summed E-state index contributed by atoms with van der Waals surface area (Å²) in [5.74, 6) is 1.06. The predicted molar refractivity (Wildman–Crippen MR) is 194 cm³/mol. The number of rotatable bonds is 7. The van der Waals surface area contributed by atoms with Gasteiger partial charge in [-0.1, -0.05) is 125 Å². The number of aromatic nitrogens is 2. The van der Waals surface area contributed by atoms with Gasteiger partial charge in [0, 0.05) is 18.2 Å². The third-order valence-corrected chi connectivity index (χ3v) is 11.1. The molecule has 2 nitrogen and oxygen atoms in total. The number of aryl methyl sites for hydroxylation is 1. The molecule has 0 saturated carbocycles. The highest BCUT2D eigenvalue weighted by molar-refractivity contribution is 6.88. The summed E-state index contributed by atoms with van der Waals surface area (Å²) in [5, 5.41) is 1.45. The summed E-state index contributed by atoms with van der Waals surface area (Å²) >= 11 is 0. The summed E-state index contributed by atoms with van der Waals surface area (Å²) < 4.78 is 18.0. The Hall–Kier alpha value is -4.28. The first-order chi connectivity index (χ1) is 21.4. The largest absolute Gasteiger partial charge is 0.327 e. The van der Waals surface area contributed by atoms with Gasteiger partial charge in [-0.15, -0.1) is 0 Å². The third kappa shape index (κ3) is 5.92. The number of hydrogen-bond acceptors (Lipinski definition) is 1. The van der Waals surface area contributed by atoms with Crippen molar-refractivity contribution in [2.24, 2.45) is 7.05 Å². The van der Waals surface area contributed by atoms with Crippen molar-refractivity contribution < 1.29 is 4.39 Å². The number of halogens is 1. The minimum atomic E-state index is -1.36. The van der Waals surface area contributed by atoms with Crippen LogP contribution >= 0.6 is 0 Å². The number of imidazole rings is 1. The van der Waals surface area contributed by atoms with Crippen molar-refractivity contribution in [3.8, 4) is 44.8 Å². The minimum Gasteiger partial charge on any atom is -0.327 e. The van der Waals surface area contributed by atoms with E-state index in [1.165, 1.54) is 21.9 Å². The molecule has 4 heteroatoms. The highest BCUT2D eigenvalue weighted by Crippen LogP contribution is 2.42.